The minimum absolute atomic E-state index is 0.0422. The fourth-order valence-electron chi connectivity index (χ4n) is 8.56. The molecule has 0 fully saturated rings. The molecule has 0 aliphatic heterocycles. The van der Waals surface area contributed by atoms with E-state index in [1.54, 1.807) is 0 Å². The van der Waals surface area contributed by atoms with Crippen LogP contribution in [-0.2, 0) is 36.9 Å². The van der Waals surface area contributed by atoms with Gasteiger partial charge in [0.05, 0.1) is 31.7 Å². The van der Waals surface area contributed by atoms with Crippen LogP contribution in [0.15, 0.2) is 133 Å². The Hall–Kier alpha value is -7.05. The third-order valence-electron chi connectivity index (χ3n) is 12.3. The normalized spacial score (nSPS) is 12.5. The molecule has 0 heterocycles. The van der Waals surface area contributed by atoms with Crippen molar-refractivity contribution >= 4 is 50.9 Å². The molecule has 1 amide bonds. The Morgan fingerprint density at radius 2 is 1.23 bits per heavy atom. The number of benzene rings is 6. The number of carbonyl (C=O) groups excluding carboxylic acids is 4. The molecule has 12 nitrogen and oxygen atoms in total. The van der Waals surface area contributed by atoms with Crippen molar-refractivity contribution in [3.63, 3.8) is 0 Å². The first-order valence-electron chi connectivity index (χ1n) is 24.3. The standard InChI is InChI=1S/C57H67N5O7/c1-39(2)30-33-67-51-28-26-42-20-9-11-23-47(42)53(51)54-48-24-12-10-21-43(48)27-29-52(54)68-38-46(63)35-44(22-13-14-31-58)55(65)62-49(25-15-32-61-57(59)60)50(64)36-45(34-40-16-5-3-6-17-40)56(66)69-37-41-18-7-4-8-19-41/h3-12,16-21,23-24,26-29,39,44-45,49H,13-15,22,25,30-38,58H2,1-2H3,(H,62,65)(H4,59,60,61)/p+2/t44-,45+,49+/m0/s1. The summed E-state index contributed by atoms with van der Waals surface area (Å²) in [4.78, 5) is 59.5. The zero-order valence-corrected chi connectivity index (χ0v) is 40.1. The fraction of sp³-hybridized carbons (Fsp3) is 0.351. The molecular formula is C57H69N5O7+2. The Balaban J connectivity index is 1.23. The maximum absolute atomic E-state index is 14.4. The Bertz CT molecular complexity index is 2650. The van der Waals surface area contributed by atoms with Crippen LogP contribution in [-0.4, -0.2) is 61.7 Å². The van der Waals surface area contributed by atoms with E-state index in [0.29, 0.717) is 50.6 Å². The zero-order chi connectivity index (χ0) is 49.0. The first kappa shape index (κ1) is 51.3. The second kappa shape index (κ2) is 26.5. The number of Topliss-reactive ketones (excluding diaryl/α,β-unsaturated/α-hetero) is 2. The smallest absolute Gasteiger partial charge is 0.338 e. The number of guanidine groups is 1. The molecule has 0 aliphatic carbocycles. The maximum atomic E-state index is 14.4. The van der Waals surface area contributed by atoms with Gasteiger partial charge in [0.15, 0.2) is 11.6 Å². The average molecular weight is 936 g/mol. The number of amides is 1. The molecule has 0 spiro atoms. The van der Waals surface area contributed by atoms with Crippen LogP contribution in [0, 0.1) is 17.8 Å². The van der Waals surface area contributed by atoms with Gasteiger partial charge in [0.2, 0.25) is 5.91 Å². The van der Waals surface area contributed by atoms with E-state index < -0.39 is 29.8 Å². The van der Waals surface area contributed by atoms with Crippen LogP contribution in [0.2, 0.25) is 0 Å². The van der Waals surface area contributed by atoms with Crippen molar-refractivity contribution in [1.29, 1.82) is 0 Å². The number of ether oxygens (including phenoxy) is 3. The number of esters is 1. The van der Waals surface area contributed by atoms with Gasteiger partial charge >= 0.3 is 11.9 Å². The minimum atomic E-state index is -0.960. The largest absolute Gasteiger partial charge is 0.493 e. The van der Waals surface area contributed by atoms with Crippen molar-refractivity contribution in [3.8, 4) is 22.6 Å². The van der Waals surface area contributed by atoms with E-state index in [1.807, 2.05) is 103 Å². The van der Waals surface area contributed by atoms with Gasteiger partial charge in [-0.2, -0.15) is 0 Å². The lowest BCUT2D eigenvalue weighted by atomic mass is 9.90. The first-order chi connectivity index (χ1) is 33.5. The highest BCUT2D eigenvalue weighted by Crippen LogP contribution is 2.45. The summed E-state index contributed by atoms with van der Waals surface area (Å²) in [5.74, 6) is -1.31. The van der Waals surface area contributed by atoms with Crippen LogP contribution in [0.5, 0.6) is 11.5 Å². The lowest BCUT2D eigenvalue weighted by Crippen LogP contribution is -2.78. The number of hydrogen-bond acceptors (Lipinski definition) is 7. The summed E-state index contributed by atoms with van der Waals surface area (Å²) < 4.78 is 18.8. The summed E-state index contributed by atoms with van der Waals surface area (Å²) >= 11 is 0. The highest BCUT2D eigenvalue weighted by Gasteiger charge is 2.31. The van der Waals surface area contributed by atoms with Crippen LogP contribution in [0.3, 0.4) is 0 Å². The number of rotatable bonds is 28. The van der Waals surface area contributed by atoms with Crippen LogP contribution in [0.25, 0.3) is 32.7 Å². The molecule has 3 atom stereocenters. The van der Waals surface area contributed by atoms with E-state index in [9.17, 15) is 19.2 Å². The highest BCUT2D eigenvalue weighted by atomic mass is 16.5. The van der Waals surface area contributed by atoms with Crippen LogP contribution < -0.4 is 37.0 Å². The first-order valence-corrected chi connectivity index (χ1v) is 24.3. The van der Waals surface area contributed by atoms with Gasteiger partial charge in [-0.1, -0.05) is 135 Å². The van der Waals surface area contributed by atoms with Gasteiger partial charge in [-0.05, 0) is 95.7 Å². The van der Waals surface area contributed by atoms with E-state index in [-0.39, 0.29) is 56.4 Å². The molecular weight excluding hydrogens is 867 g/mol. The molecule has 9 N–H and O–H groups in total. The SMILES string of the molecule is CC(C)CCOc1ccc2ccccc2c1-c1c(OCC(=O)C[C@H](CCCC[NH3+])C(=O)N[C@H](CCC[NH+]=C(N)N)C(=O)C[C@@H](Cc2ccccc2)C(=O)OCc2ccccc2)ccc2ccccc12. The third-order valence-corrected chi connectivity index (χ3v) is 12.3. The molecule has 0 bridgehead atoms. The quantitative estimate of drug-likeness (QED) is 0.0155. The zero-order valence-electron chi connectivity index (χ0n) is 40.1. The van der Waals surface area contributed by atoms with Gasteiger partial charge in [0, 0.05) is 29.9 Å². The molecule has 362 valence electrons. The fourth-order valence-corrected chi connectivity index (χ4v) is 8.56. The van der Waals surface area contributed by atoms with Gasteiger partial charge in [-0.3, -0.25) is 35.6 Å². The van der Waals surface area contributed by atoms with Gasteiger partial charge in [-0.25, -0.2) is 0 Å². The molecule has 6 rings (SSSR count). The van der Waals surface area contributed by atoms with Crippen molar-refractivity contribution in [2.45, 2.75) is 84.3 Å². The van der Waals surface area contributed by atoms with Gasteiger partial charge < -0.3 is 25.3 Å². The maximum Gasteiger partial charge on any atom is 0.338 e. The van der Waals surface area contributed by atoms with Gasteiger partial charge in [0.25, 0.3) is 0 Å². The Morgan fingerprint density at radius 1 is 0.638 bits per heavy atom. The second-order valence-corrected chi connectivity index (χ2v) is 18.2. The average Bonchev–Trinajstić information content (AvgIpc) is 3.35. The number of hydrogen-bond donors (Lipinski definition) is 5. The number of nitrogens with one attached hydrogen (secondary N) is 2. The lowest BCUT2D eigenvalue weighted by molar-refractivity contribution is -0.459. The summed E-state index contributed by atoms with van der Waals surface area (Å²) in [6.07, 6.45) is 3.39. The van der Waals surface area contributed by atoms with E-state index in [4.69, 9.17) is 25.7 Å². The molecule has 6 aromatic carbocycles. The van der Waals surface area contributed by atoms with Crippen molar-refractivity contribution in [3.05, 3.63) is 145 Å². The Labute approximate surface area is 406 Å². The molecule has 12 heteroatoms. The van der Waals surface area contributed by atoms with Gasteiger partial charge in [0.1, 0.15) is 24.7 Å². The van der Waals surface area contributed by atoms with Crippen molar-refractivity contribution in [1.82, 2.24) is 5.32 Å². The number of ketones is 2. The topological polar surface area (TPSA) is 202 Å². The van der Waals surface area contributed by atoms with E-state index in [1.165, 1.54) is 0 Å². The summed E-state index contributed by atoms with van der Waals surface area (Å²) in [6, 6.07) is 42.1. The third kappa shape index (κ3) is 15.5. The predicted molar refractivity (Wildman–Crippen MR) is 272 cm³/mol. The van der Waals surface area contributed by atoms with Gasteiger partial charge in [-0.15, -0.1) is 0 Å². The molecule has 0 saturated heterocycles. The summed E-state index contributed by atoms with van der Waals surface area (Å²) in [5, 5.41) is 7.01. The second-order valence-electron chi connectivity index (χ2n) is 18.2. The van der Waals surface area contributed by atoms with Crippen molar-refractivity contribution in [2.75, 3.05) is 26.3 Å². The highest BCUT2D eigenvalue weighted by molar-refractivity contribution is 6.10. The number of quaternary nitrogens is 1. The van der Waals surface area contributed by atoms with Crippen molar-refractivity contribution < 1.29 is 44.1 Å². The number of carbonyl (C=O) groups is 4. The predicted octanol–water partition coefficient (Wildman–Crippen LogP) is 6.63. The molecule has 0 radical (unpaired) electrons. The summed E-state index contributed by atoms with van der Waals surface area (Å²) in [7, 11) is 0. The molecule has 69 heavy (non-hydrogen) atoms. The van der Waals surface area contributed by atoms with E-state index in [0.717, 1.165) is 62.4 Å². The monoisotopic (exact) mass is 936 g/mol. The number of unbranched alkanes of at least 4 members (excludes halogenated alkanes) is 1. The molecule has 6 aromatic rings. The Morgan fingerprint density at radius 3 is 1.84 bits per heavy atom. The van der Waals surface area contributed by atoms with Crippen LogP contribution >= 0.6 is 0 Å². The summed E-state index contributed by atoms with van der Waals surface area (Å²) in [6.45, 7) is 5.69. The van der Waals surface area contributed by atoms with Crippen molar-refractivity contribution in [2.24, 2.45) is 29.2 Å². The number of nitrogens with two attached hydrogens (primary N) is 2. The Kier molecular flexibility index (Phi) is 19.7. The molecule has 0 saturated carbocycles. The number of fused-ring (bicyclic) bond motifs is 2. The van der Waals surface area contributed by atoms with Crippen LogP contribution in [0.1, 0.15) is 76.3 Å². The molecule has 0 aliphatic rings. The minimum Gasteiger partial charge on any atom is -0.493 e. The van der Waals surface area contributed by atoms with E-state index >= 15 is 0 Å². The molecule has 0 aromatic heterocycles. The lowest BCUT2D eigenvalue weighted by Gasteiger charge is -2.24. The molecule has 0 unspecified atom stereocenters. The summed E-state index contributed by atoms with van der Waals surface area (Å²) in [5.41, 5.74) is 18.7. The van der Waals surface area contributed by atoms with Crippen LogP contribution in [0.4, 0.5) is 0 Å². The van der Waals surface area contributed by atoms with E-state index in [2.05, 4.69) is 60.2 Å².